The summed E-state index contributed by atoms with van der Waals surface area (Å²) in [6.45, 7) is 2.30. The molecule has 0 aromatic carbocycles. The minimum atomic E-state index is 0.00310. The molecular formula is C13H16N4OS. The normalized spacial score (nSPS) is 19.6. The molecule has 1 amide bonds. The number of amides is 1. The minimum Gasteiger partial charge on any atom is -0.336 e. The van der Waals surface area contributed by atoms with Crippen molar-refractivity contribution in [3.05, 3.63) is 40.6 Å². The molecule has 19 heavy (non-hydrogen) atoms. The average Bonchev–Trinajstić information content (AvgIpc) is 3.09. The van der Waals surface area contributed by atoms with E-state index in [0.717, 1.165) is 23.8 Å². The molecule has 1 aliphatic heterocycles. The minimum absolute atomic E-state index is 0.00310. The van der Waals surface area contributed by atoms with Gasteiger partial charge in [-0.15, -0.1) is 11.3 Å². The highest BCUT2D eigenvalue weighted by Gasteiger charge is 2.31. The summed E-state index contributed by atoms with van der Waals surface area (Å²) in [5.74, 6) is 1.03. The van der Waals surface area contributed by atoms with Gasteiger partial charge in [0.2, 0.25) is 0 Å². The third kappa shape index (κ3) is 2.29. The molecule has 5 nitrogen and oxygen atoms in total. The Morgan fingerprint density at radius 2 is 2.47 bits per heavy atom. The molecule has 3 rings (SSSR count). The van der Waals surface area contributed by atoms with Gasteiger partial charge in [0, 0.05) is 39.1 Å². The molecule has 0 aliphatic carbocycles. The Morgan fingerprint density at radius 3 is 3.16 bits per heavy atom. The van der Waals surface area contributed by atoms with Crippen molar-refractivity contribution in [3.8, 4) is 0 Å². The van der Waals surface area contributed by atoms with Crippen molar-refractivity contribution in [2.45, 2.75) is 6.04 Å². The van der Waals surface area contributed by atoms with Gasteiger partial charge in [-0.05, 0) is 11.4 Å². The average molecular weight is 276 g/mol. The van der Waals surface area contributed by atoms with Crippen LogP contribution in [0.2, 0.25) is 0 Å². The van der Waals surface area contributed by atoms with Crippen molar-refractivity contribution in [3.63, 3.8) is 0 Å². The Morgan fingerprint density at radius 1 is 1.58 bits per heavy atom. The summed E-state index contributed by atoms with van der Waals surface area (Å²) in [7, 11) is 1.96. The number of imidazole rings is 1. The van der Waals surface area contributed by atoms with Crippen molar-refractivity contribution in [2.24, 2.45) is 7.05 Å². The number of hydrogen-bond donors (Lipinski definition) is 1. The molecule has 3 heterocycles. The summed E-state index contributed by atoms with van der Waals surface area (Å²) in [5.41, 5.74) is 0. The van der Waals surface area contributed by atoms with Crippen LogP contribution in [0.25, 0.3) is 0 Å². The monoisotopic (exact) mass is 276 g/mol. The molecule has 1 N–H and O–H groups in total. The topological polar surface area (TPSA) is 50.2 Å². The van der Waals surface area contributed by atoms with E-state index in [1.165, 1.54) is 11.3 Å². The van der Waals surface area contributed by atoms with Crippen LogP contribution < -0.4 is 5.32 Å². The molecule has 0 spiro atoms. The zero-order valence-electron chi connectivity index (χ0n) is 10.7. The summed E-state index contributed by atoms with van der Waals surface area (Å²) in [4.78, 5) is 19.6. The molecule has 0 saturated carbocycles. The quantitative estimate of drug-likeness (QED) is 0.898. The van der Waals surface area contributed by atoms with Crippen molar-refractivity contribution in [1.82, 2.24) is 19.8 Å². The van der Waals surface area contributed by atoms with Gasteiger partial charge < -0.3 is 14.8 Å². The number of nitrogens with zero attached hydrogens (tertiary/aromatic N) is 3. The van der Waals surface area contributed by atoms with Crippen molar-refractivity contribution >= 4 is 17.2 Å². The standard InChI is InChI=1S/C13H16N4OS/c1-16-6-5-15-12(16)10-9-14-4-7-17(10)13(18)11-3-2-8-19-11/h2-3,5-6,8,10,14H,4,7,9H2,1H3. The highest BCUT2D eigenvalue weighted by Crippen LogP contribution is 2.24. The molecular weight excluding hydrogens is 260 g/mol. The lowest BCUT2D eigenvalue weighted by atomic mass is 10.1. The molecule has 1 fully saturated rings. The number of rotatable bonds is 2. The van der Waals surface area contributed by atoms with E-state index in [2.05, 4.69) is 10.3 Å². The molecule has 1 saturated heterocycles. The van der Waals surface area contributed by atoms with Gasteiger partial charge in [-0.3, -0.25) is 4.79 Å². The van der Waals surface area contributed by atoms with E-state index in [0.29, 0.717) is 6.54 Å². The van der Waals surface area contributed by atoms with E-state index < -0.39 is 0 Å². The summed E-state index contributed by atoms with van der Waals surface area (Å²) in [6.07, 6.45) is 3.69. The van der Waals surface area contributed by atoms with Crippen LogP contribution in [0.15, 0.2) is 29.9 Å². The summed E-state index contributed by atoms with van der Waals surface area (Å²) >= 11 is 1.49. The first-order valence-corrected chi connectivity index (χ1v) is 7.18. The zero-order valence-corrected chi connectivity index (χ0v) is 11.6. The molecule has 100 valence electrons. The largest absolute Gasteiger partial charge is 0.336 e. The Hall–Kier alpha value is -1.66. The van der Waals surface area contributed by atoms with Crippen LogP contribution in [-0.4, -0.2) is 40.0 Å². The van der Waals surface area contributed by atoms with E-state index >= 15 is 0 Å². The van der Waals surface area contributed by atoms with Crippen molar-refractivity contribution in [1.29, 1.82) is 0 Å². The van der Waals surface area contributed by atoms with Crippen molar-refractivity contribution < 1.29 is 4.79 Å². The number of hydrogen-bond acceptors (Lipinski definition) is 4. The van der Waals surface area contributed by atoms with E-state index in [4.69, 9.17) is 0 Å². The lowest BCUT2D eigenvalue weighted by molar-refractivity contribution is 0.0626. The molecule has 0 bridgehead atoms. The number of aryl methyl sites for hydroxylation is 1. The number of piperazine rings is 1. The lowest BCUT2D eigenvalue weighted by Gasteiger charge is -2.35. The van der Waals surface area contributed by atoms with Crippen LogP contribution in [-0.2, 0) is 7.05 Å². The van der Waals surface area contributed by atoms with E-state index in [9.17, 15) is 4.79 Å². The first-order chi connectivity index (χ1) is 9.27. The Labute approximate surface area is 115 Å². The van der Waals surface area contributed by atoms with Crippen LogP contribution in [0, 0.1) is 0 Å². The predicted octanol–water partition coefficient (Wildman–Crippen LogP) is 1.27. The van der Waals surface area contributed by atoms with Crippen LogP contribution in [0.1, 0.15) is 21.5 Å². The fraction of sp³-hybridized carbons (Fsp3) is 0.385. The van der Waals surface area contributed by atoms with Gasteiger partial charge in [0.15, 0.2) is 0 Å². The zero-order chi connectivity index (χ0) is 13.2. The second kappa shape index (κ2) is 5.14. The number of carbonyl (C=O) groups excluding carboxylic acids is 1. The van der Waals surface area contributed by atoms with Gasteiger partial charge in [-0.2, -0.15) is 0 Å². The smallest absolute Gasteiger partial charge is 0.264 e. The number of carbonyl (C=O) groups is 1. The number of aromatic nitrogens is 2. The third-order valence-electron chi connectivity index (χ3n) is 3.39. The first-order valence-electron chi connectivity index (χ1n) is 6.30. The molecule has 1 unspecified atom stereocenters. The highest BCUT2D eigenvalue weighted by atomic mass is 32.1. The fourth-order valence-electron chi connectivity index (χ4n) is 2.42. The molecule has 6 heteroatoms. The SMILES string of the molecule is Cn1ccnc1C1CNCCN1C(=O)c1cccs1. The molecule has 2 aromatic rings. The maximum Gasteiger partial charge on any atom is 0.264 e. The second-order valence-electron chi connectivity index (χ2n) is 4.59. The molecule has 0 radical (unpaired) electrons. The van der Waals surface area contributed by atoms with Crippen LogP contribution >= 0.6 is 11.3 Å². The predicted molar refractivity (Wildman–Crippen MR) is 74.2 cm³/mol. The Balaban J connectivity index is 1.90. The van der Waals surface area contributed by atoms with Gasteiger partial charge in [-0.1, -0.05) is 6.07 Å². The maximum atomic E-state index is 12.5. The molecule has 2 aromatic heterocycles. The highest BCUT2D eigenvalue weighted by molar-refractivity contribution is 7.12. The third-order valence-corrected chi connectivity index (χ3v) is 4.25. The summed E-state index contributed by atoms with van der Waals surface area (Å²) < 4.78 is 1.98. The Kier molecular flexibility index (Phi) is 3.35. The van der Waals surface area contributed by atoms with Gasteiger partial charge in [-0.25, -0.2) is 4.98 Å². The van der Waals surface area contributed by atoms with E-state index in [-0.39, 0.29) is 11.9 Å². The van der Waals surface area contributed by atoms with Gasteiger partial charge in [0.1, 0.15) is 11.9 Å². The van der Waals surface area contributed by atoms with Crippen LogP contribution in [0.3, 0.4) is 0 Å². The van der Waals surface area contributed by atoms with Crippen LogP contribution in [0.4, 0.5) is 0 Å². The van der Waals surface area contributed by atoms with Gasteiger partial charge in [0.05, 0.1) is 4.88 Å². The van der Waals surface area contributed by atoms with E-state index in [1.54, 1.807) is 6.20 Å². The second-order valence-corrected chi connectivity index (χ2v) is 5.54. The number of thiophene rings is 1. The van der Waals surface area contributed by atoms with Gasteiger partial charge >= 0.3 is 0 Å². The molecule has 1 aliphatic rings. The summed E-state index contributed by atoms with van der Waals surface area (Å²) in [6, 6.07) is 3.80. The van der Waals surface area contributed by atoms with Crippen molar-refractivity contribution in [2.75, 3.05) is 19.6 Å². The molecule has 1 atom stereocenters. The summed E-state index contributed by atoms with van der Waals surface area (Å²) in [5, 5.41) is 5.27. The van der Waals surface area contributed by atoms with E-state index in [1.807, 2.05) is 40.2 Å². The fourth-order valence-corrected chi connectivity index (χ4v) is 3.10. The Bertz CT molecular complexity index is 563. The number of nitrogens with one attached hydrogen (secondary N) is 1. The van der Waals surface area contributed by atoms with Gasteiger partial charge in [0.25, 0.3) is 5.91 Å². The first kappa shape index (κ1) is 12.4. The lowest BCUT2D eigenvalue weighted by Crippen LogP contribution is -2.49. The van der Waals surface area contributed by atoms with Crippen LogP contribution in [0.5, 0.6) is 0 Å². The maximum absolute atomic E-state index is 12.5.